The van der Waals surface area contributed by atoms with Crippen LogP contribution in [0.25, 0.3) is 0 Å². The van der Waals surface area contributed by atoms with Crippen LogP contribution in [0.15, 0.2) is 0 Å². The van der Waals surface area contributed by atoms with Gasteiger partial charge in [-0.25, -0.2) is 0 Å². The van der Waals surface area contributed by atoms with Crippen molar-refractivity contribution in [2.75, 3.05) is 0 Å². The summed E-state index contributed by atoms with van der Waals surface area (Å²) in [5.74, 6) is 0. The fourth-order valence-corrected chi connectivity index (χ4v) is 1.57. The van der Waals surface area contributed by atoms with E-state index in [2.05, 4.69) is 19.2 Å². The summed E-state index contributed by atoms with van der Waals surface area (Å²) in [6.45, 7) is 4.57. The third-order valence-corrected chi connectivity index (χ3v) is 2.62. The van der Waals surface area contributed by atoms with Gasteiger partial charge in [0.15, 0.2) is 0 Å². The Kier molecular flexibility index (Phi) is 3.92. The molecule has 0 aromatic carbocycles. The lowest BCUT2D eigenvalue weighted by Gasteiger charge is -2.30. The number of unbranched alkanes of at least 4 members (excludes halogenated alkanes) is 1. The van der Waals surface area contributed by atoms with Crippen LogP contribution in [0.3, 0.4) is 0 Å². The number of nitrogens with one attached hydrogen (secondary N) is 1. The van der Waals surface area contributed by atoms with Crippen LogP contribution < -0.4 is 5.32 Å². The zero-order valence-corrected chi connectivity index (χ0v) is 7.90. The van der Waals surface area contributed by atoms with Crippen molar-refractivity contribution < 1.29 is 0 Å². The average molecular weight is 155 g/mol. The zero-order chi connectivity index (χ0) is 8.10. The fourth-order valence-electron chi connectivity index (χ4n) is 1.57. The van der Waals surface area contributed by atoms with E-state index in [-0.39, 0.29) is 0 Å². The van der Waals surface area contributed by atoms with Gasteiger partial charge in [0.05, 0.1) is 0 Å². The maximum Gasteiger partial charge on any atom is 0.00695 e. The first kappa shape index (κ1) is 9.05. The number of rotatable bonds is 5. The van der Waals surface area contributed by atoms with Crippen LogP contribution in [0.2, 0.25) is 0 Å². The van der Waals surface area contributed by atoms with Crippen molar-refractivity contribution in [2.45, 2.75) is 64.5 Å². The highest BCUT2D eigenvalue weighted by atomic mass is 15.0. The van der Waals surface area contributed by atoms with Gasteiger partial charge in [-0.2, -0.15) is 0 Å². The van der Waals surface area contributed by atoms with Crippen molar-refractivity contribution in [2.24, 2.45) is 0 Å². The first-order chi connectivity index (χ1) is 5.33. The van der Waals surface area contributed by atoms with Gasteiger partial charge in [0.25, 0.3) is 0 Å². The maximum atomic E-state index is 3.65. The molecule has 0 aliphatic heterocycles. The molecular weight excluding hydrogens is 134 g/mol. The summed E-state index contributed by atoms with van der Waals surface area (Å²) in [4.78, 5) is 0. The Morgan fingerprint density at radius 1 is 1.45 bits per heavy atom. The topological polar surface area (TPSA) is 12.0 Å². The van der Waals surface area contributed by atoms with E-state index in [1.54, 1.807) is 0 Å². The van der Waals surface area contributed by atoms with E-state index < -0.39 is 0 Å². The van der Waals surface area contributed by atoms with Gasteiger partial charge in [-0.15, -0.1) is 0 Å². The Morgan fingerprint density at radius 2 is 2.18 bits per heavy atom. The van der Waals surface area contributed by atoms with Crippen molar-refractivity contribution in [3.05, 3.63) is 0 Å². The molecule has 1 aliphatic carbocycles. The van der Waals surface area contributed by atoms with Crippen LogP contribution in [-0.2, 0) is 0 Å². The number of hydrogen-bond donors (Lipinski definition) is 1. The first-order valence-electron chi connectivity index (χ1n) is 5.09. The molecule has 1 nitrogen and oxygen atoms in total. The predicted octanol–water partition coefficient (Wildman–Crippen LogP) is 2.71. The maximum absolute atomic E-state index is 3.65. The molecule has 1 heteroatoms. The average Bonchev–Trinajstić information content (AvgIpc) is 1.93. The minimum atomic E-state index is 0.750. The predicted molar refractivity (Wildman–Crippen MR) is 49.8 cm³/mol. The standard InChI is InChI=1S/C10H21N/c1-3-4-6-9(2)11-10-7-5-8-10/h9-11H,3-8H2,1-2H3. The molecule has 0 aromatic rings. The number of hydrogen-bond acceptors (Lipinski definition) is 1. The van der Waals surface area contributed by atoms with E-state index in [1.165, 1.54) is 38.5 Å². The summed E-state index contributed by atoms with van der Waals surface area (Å²) >= 11 is 0. The van der Waals surface area contributed by atoms with Crippen LogP contribution in [0, 0.1) is 0 Å². The second-order valence-corrected chi connectivity index (χ2v) is 3.84. The van der Waals surface area contributed by atoms with Gasteiger partial charge in [0.1, 0.15) is 0 Å². The summed E-state index contributed by atoms with van der Waals surface area (Å²) in [7, 11) is 0. The van der Waals surface area contributed by atoms with E-state index in [1.807, 2.05) is 0 Å². The van der Waals surface area contributed by atoms with Crippen molar-refractivity contribution >= 4 is 0 Å². The first-order valence-corrected chi connectivity index (χ1v) is 5.09. The lowest BCUT2D eigenvalue weighted by atomic mass is 9.92. The van der Waals surface area contributed by atoms with Crippen LogP contribution in [0.1, 0.15) is 52.4 Å². The molecule has 1 rings (SSSR count). The highest BCUT2D eigenvalue weighted by Gasteiger charge is 2.18. The second-order valence-electron chi connectivity index (χ2n) is 3.84. The second kappa shape index (κ2) is 4.76. The van der Waals surface area contributed by atoms with Gasteiger partial charge in [-0.3, -0.25) is 0 Å². The lowest BCUT2D eigenvalue weighted by Crippen LogP contribution is -2.40. The molecule has 1 atom stereocenters. The van der Waals surface area contributed by atoms with Gasteiger partial charge >= 0.3 is 0 Å². The van der Waals surface area contributed by atoms with Gasteiger partial charge in [-0.05, 0) is 26.2 Å². The summed E-state index contributed by atoms with van der Waals surface area (Å²) in [6, 6.07) is 1.61. The summed E-state index contributed by atoms with van der Waals surface area (Å²) in [6.07, 6.45) is 8.33. The highest BCUT2D eigenvalue weighted by molar-refractivity contribution is 4.78. The molecule has 1 aliphatic rings. The Hall–Kier alpha value is -0.0400. The zero-order valence-electron chi connectivity index (χ0n) is 7.90. The molecule has 0 aromatic heterocycles. The molecule has 1 N–H and O–H groups in total. The molecule has 11 heavy (non-hydrogen) atoms. The van der Waals surface area contributed by atoms with E-state index in [4.69, 9.17) is 0 Å². The van der Waals surface area contributed by atoms with Crippen molar-refractivity contribution in [1.29, 1.82) is 0 Å². The summed E-state index contributed by atoms with van der Waals surface area (Å²) in [5, 5.41) is 3.65. The van der Waals surface area contributed by atoms with Gasteiger partial charge in [-0.1, -0.05) is 26.2 Å². The molecule has 0 heterocycles. The van der Waals surface area contributed by atoms with Gasteiger partial charge in [0.2, 0.25) is 0 Å². The third kappa shape index (κ3) is 3.24. The molecule has 0 bridgehead atoms. The smallest absolute Gasteiger partial charge is 0.00695 e. The molecule has 66 valence electrons. The van der Waals surface area contributed by atoms with E-state index in [0.29, 0.717) is 0 Å². The van der Waals surface area contributed by atoms with Crippen molar-refractivity contribution in [1.82, 2.24) is 5.32 Å². The quantitative estimate of drug-likeness (QED) is 0.643. The summed E-state index contributed by atoms with van der Waals surface area (Å²) < 4.78 is 0. The van der Waals surface area contributed by atoms with E-state index in [9.17, 15) is 0 Å². The Morgan fingerprint density at radius 3 is 2.64 bits per heavy atom. The minimum absolute atomic E-state index is 0.750. The van der Waals surface area contributed by atoms with Crippen LogP contribution in [0.4, 0.5) is 0 Å². The Balaban J connectivity index is 1.95. The monoisotopic (exact) mass is 155 g/mol. The van der Waals surface area contributed by atoms with Crippen LogP contribution in [-0.4, -0.2) is 12.1 Å². The Bertz CT molecular complexity index is 97.0. The minimum Gasteiger partial charge on any atom is -0.312 e. The molecule has 0 radical (unpaired) electrons. The lowest BCUT2D eigenvalue weighted by molar-refractivity contribution is 0.302. The summed E-state index contributed by atoms with van der Waals surface area (Å²) in [5.41, 5.74) is 0. The molecular formula is C10H21N. The van der Waals surface area contributed by atoms with Gasteiger partial charge in [0, 0.05) is 12.1 Å². The van der Waals surface area contributed by atoms with Crippen molar-refractivity contribution in [3.63, 3.8) is 0 Å². The van der Waals surface area contributed by atoms with Crippen LogP contribution >= 0.6 is 0 Å². The van der Waals surface area contributed by atoms with Crippen molar-refractivity contribution in [3.8, 4) is 0 Å². The van der Waals surface area contributed by atoms with Gasteiger partial charge < -0.3 is 5.32 Å². The fraction of sp³-hybridized carbons (Fsp3) is 1.00. The largest absolute Gasteiger partial charge is 0.312 e. The molecule has 0 amide bonds. The molecule has 1 unspecified atom stereocenters. The van der Waals surface area contributed by atoms with E-state index in [0.717, 1.165) is 12.1 Å². The SMILES string of the molecule is CCCCC(C)NC1CCC1. The normalized spacial score (nSPS) is 21.3. The molecule has 0 spiro atoms. The Labute approximate surface area is 70.6 Å². The van der Waals surface area contributed by atoms with Crippen LogP contribution in [0.5, 0.6) is 0 Å². The molecule has 1 saturated carbocycles. The van der Waals surface area contributed by atoms with E-state index >= 15 is 0 Å². The molecule has 1 fully saturated rings. The third-order valence-electron chi connectivity index (χ3n) is 2.62. The highest BCUT2D eigenvalue weighted by Crippen LogP contribution is 2.19. The molecule has 0 saturated heterocycles.